The standard InChI is InChI=1S/C34H44O8/c1-15-17(3)31-27(19(5)29(15)35)13-23(21(7)41-31)9-11-25(33(37)38)26(34(39)40)12-10-24-14-28-20(6)30(36)16(2)18(4)32(28)42-22(24)8/h21-24,35-36H,9-14H2,1-8H3,(H,37,38)(H,39,40)/b26-25-. The quantitative estimate of drug-likeness (QED) is 0.258. The molecule has 0 bridgehead atoms. The van der Waals surface area contributed by atoms with Crippen LogP contribution in [0.2, 0.25) is 0 Å². The molecule has 2 aromatic carbocycles. The van der Waals surface area contributed by atoms with E-state index in [1.807, 2.05) is 55.4 Å². The summed E-state index contributed by atoms with van der Waals surface area (Å²) in [4.78, 5) is 24.7. The molecule has 8 nitrogen and oxygen atoms in total. The van der Waals surface area contributed by atoms with Crippen molar-refractivity contribution in [3.63, 3.8) is 0 Å². The number of phenols is 2. The van der Waals surface area contributed by atoms with Crippen LogP contribution in [0.15, 0.2) is 11.1 Å². The molecule has 0 saturated heterocycles. The Kier molecular flexibility index (Phi) is 8.86. The Hall–Kier alpha value is -3.68. The first-order valence-electron chi connectivity index (χ1n) is 14.8. The van der Waals surface area contributed by atoms with Gasteiger partial charge in [0.25, 0.3) is 0 Å². The highest BCUT2D eigenvalue weighted by molar-refractivity contribution is 5.98. The van der Waals surface area contributed by atoms with Crippen molar-refractivity contribution in [1.82, 2.24) is 0 Å². The van der Waals surface area contributed by atoms with Crippen molar-refractivity contribution in [3.8, 4) is 23.0 Å². The van der Waals surface area contributed by atoms with E-state index in [2.05, 4.69) is 0 Å². The second-order valence-corrected chi connectivity index (χ2v) is 12.3. The fourth-order valence-corrected chi connectivity index (χ4v) is 6.68. The lowest BCUT2D eigenvalue weighted by molar-refractivity contribution is -0.136. The van der Waals surface area contributed by atoms with E-state index in [1.54, 1.807) is 0 Å². The van der Waals surface area contributed by atoms with Crippen LogP contribution in [0.3, 0.4) is 0 Å². The molecule has 4 unspecified atom stereocenters. The number of rotatable bonds is 8. The number of carboxylic acid groups (broad SMARTS) is 2. The first-order valence-corrected chi connectivity index (χ1v) is 14.8. The number of phenolic OH excluding ortho intramolecular Hbond substituents is 2. The van der Waals surface area contributed by atoms with E-state index >= 15 is 0 Å². The minimum Gasteiger partial charge on any atom is -0.507 e. The molecule has 2 aliphatic rings. The fraction of sp³-hybridized carbons (Fsp3) is 0.529. The maximum absolute atomic E-state index is 12.4. The van der Waals surface area contributed by atoms with Crippen molar-refractivity contribution in [2.75, 3.05) is 0 Å². The van der Waals surface area contributed by atoms with Gasteiger partial charge in [0.15, 0.2) is 0 Å². The number of benzene rings is 2. The Balaban J connectivity index is 1.54. The first-order chi connectivity index (χ1) is 19.6. The van der Waals surface area contributed by atoms with Crippen molar-refractivity contribution in [3.05, 3.63) is 55.7 Å². The smallest absolute Gasteiger partial charge is 0.332 e. The van der Waals surface area contributed by atoms with Crippen LogP contribution < -0.4 is 9.47 Å². The van der Waals surface area contributed by atoms with Gasteiger partial charge in [-0.2, -0.15) is 0 Å². The van der Waals surface area contributed by atoms with Gasteiger partial charge in [-0.25, -0.2) is 9.59 Å². The number of fused-ring (bicyclic) bond motifs is 2. The number of carbonyl (C=O) groups is 2. The van der Waals surface area contributed by atoms with Crippen LogP contribution in [0, 0.1) is 53.4 Å². The van der Waals surface area contributed by atoms with Gasteiger partial charge in [-0.1, -0.05) is 0 Å². The third kappa shape index (κ3) is 5.55. The van der Waals surface area contributed by atoms with Crippen molar-refractivity contribution < 1.29 is 39.5 Å². The molecule has 2 aromatic rings. The van der Waals surface area contributed by atoms with Crippen LogP contribution in [0.1, 0.15) is 84.0 Å². The van der Waals surface area contributed by atoms with E-state index in [9.17, 15) is 30.0 Å². The summed E-state index contributed by atoms with van der Waals surface area (Å²) in [6.07, 6.45) is 1.96. The molecule has 2 heterocycles. The summed E-state index contributed by atoms with van der Waals surface area (Å²) in [7, 11) is 0. The summed E-state index contributed by atoms with van der Waals surface area (Å²) in [6.45, 7) is 15.2. The van der Waals surface area contributed by atoms with Crippen molar-refractivity contribution in [1.29, 1.82) is 0 Å². The normalized spacial score (nSPS) is 21.9. The Labute approximate surface area is 248 Å². The SMILES string of the molecule is Cc1c(C)c2c(c(C)c1O)CC(CC/C(C(=O)O)=C(\CCC1Cc3c(C)c(O)c(C)c(C)c3OC1C)C(=O)O)C(C)O2. The second-order valence-electron chi connectivity index (χ2n) is 12.3. The topological polar surface area (TPSA) is 134 Å². The van der Waals surface area contributed by atoms with Gasteiger partial charge in [0, 0.05) is 34.1 Å². The molecule has 8 heteroatoms. The van der Waals surface area contributed by atoms with E-state index in [-0.39, 0.29) is 59.5 Å². The molecule has 0 amide bonds. The molecule has 4 rings (SSSR count). The molecule has 4 atom stereocenters. The maximum Gasteiger partial charge on any atom is 0.332 e. The van der Waals surface area contributed by atoms with Gasteiger partial charge < -0.3 is 29.9 Å². The van der Waals surface area contributed by atoms with Gasteiger partial charge >= 0.3 is 11.9 Å². The molecule has 0 aliphatic carbocycles. The van der Waals surface area contributed by atoms with Crippen LogP contribution in [0.4, 0.5) is 0 Å². The molecule has 4 N–H and O–H groups in total. The summed E-state index contributed by atoms with van der Waals surface area (Å²) >= 11 is 0. The average molecular weight is 581 g/mol. The summed E-state index contributed by atoms with van der Waals surface area (Å²) in [6, 6.07) is 0. The van der Waals surface area contributed by atoms with Crippen LogP contribution in [-0.2, 0) is 22.4 Å². The van der Waals surface area contributed by atoms with Gasteiger partial charge in [-0.3, -0.25) is 0 Å². The Bertz CT molecular complexity index is 1360. The highest BCUT2D eigenvalue weighted by atomic mass is 16.5. The number of aromatic hydroxyl groups is 2. The summed E-state index contributed by atoms with van der Waals surface area (Å²) < 4.78 is 12.5. The number of hydrogen-bond acceptors (Lipinski definition) is 6. The molecule has 0 aromatic heterocycles. The fourth-order valence-electron chi connectivity index (χ4n) is 6.68. The predicted octanol–water partition coefficient (Wildman–Crippen LogP) is 6.55. The summed E-state index contributed by atoms with van der Waals surface area (Å²) in [5.74, 6) is -0.439. The highest BCUT2D eigenvalue weighted by Gasteiger charge is 2.34. The summed E-state index contributed by atoms with van der Waals surface area (Å²) in [5, 5.41) is 41.4. The lowest BCUT2D eigenvalue weighted by Gasteiger charge is -2.35. The first kappa shape index (κ1) is 31.3. The molecule has 0 spiro atoms. The van der Waals surface area contributed by atoms with E-state index < -0.39 is 11.9 Å². The van der Waals surface area contributed by atoms with E-state index in [0.717, 1.165) is 56.0 Å². The van der Waals surface area contributed by atoms with Gasteiger partial charge in [-0.15, -0.1) is 0 Å². The van der Waals surface area contributed by atoms with Crippen LogP contribution in [0.5, 0.6) is 23.0 Å². The van der Waals surface area contributed by atoms with Crippen molar-refractivity contribution in [2.24, 2.45) is 11.8 Å². The third-order valence-electron chi connectivity index (χ3n) is 9.96. The van der Waals surface area contributed by atoms with Gasteiger partial charge in [0.1, 0.15) is 23.0 Å². The number of aliphatic carboxylic acids is 2. The third-order valence-corrected chi connectivity index (χ3v) is 9.96. The van der Waals surface area contributed by atoms with E-state index in [0.29, 0.717) is 25.7 Å². The molecule has 2 aliphatic heterocycles. The van der Waals surface area contributed by atoms with E-state index in [4.69, 9.17) is 9.47 Å². The zero-order chi connectivity index (χ0) is 31.2. The molecule has 228 valence electrons. The monoisotopic (exact) mass is 580 g/mol. The zero-order valence-electron chi connectivity index (χ0n) is 26.0. The summed E-state index contributed by atoms with van der Waals surface area (Å²) in [5.41, 5.74) is 6.61. The molecule has 0 radical (unpaired) electrons. The van der Waals surface area contributed by atoms with E-state index in [1.165, 1.54) is 0 Å². The number of ether oxygens (including phenoxy) is 2. The average Bonchev–Trinajstić information content (AvgIpc) is 2.94. The molecular weight excluding hydrogens is 536 g/mol. The Morgan fingerprint density at radius 1 is 0.619 bits per heavy atom. The van der Waals surface area contributed by atoms with Crippen molar-refractivity contribution in [2.45, 2.75) is 106 Å². The van der Waals surface area contributed by atoms with Crippen molar-refractivity contribution >= 4 is 11.9 Å². The molecular formula is C34H44O8. The zero-order valence-corrected chi connectivity index (χ0v) is 26.0. The molecule has 42 heavy (non-hydrogen) atoms. The maximum atomic E-state index is 12.4. The lowest BCUT2D eigenvalue weighted by Crippen LogP contribution is -2.32. The highest BCUT2D eigenvalue weighted by Crippen LogP contribution is 2.45. The van der Waals surface area contributed by atoms with Crippen LogP contribution in [0.25, 0.3) is 0 Å². The largest absolute Gasteiger partial charge is 0.507 e. The van der Waals surface area contributed by atoms with Crippen LogP contribution >= 0.6 is 0 Å². The second kappa shape index (κ2) is 11.9. The van der Waals surface area contributed by atoms with Crippen LogP contribution in [-0.4, -0.2) is 44.6 Å². The molecule has 0 saturated carbocycles. The van der Waals surface area contributed by atoms with Gasteiger partial charge in [0.2, 0.25) is 0 Å². The number of hydrogen-bond donors (Lipinski definition) is 4. The number of carboxylic acids is 2. The van der Waals surface area contributed by atoms with Gasteiger partial charge in [-0.05, 0) is 127 Å². The Morgan fingerprint density at radius 3 is 1.26 bits per heavy atom. The lowest BCUT2D eigenvalue weighted by atomic mass is 9.81. The Morgan fingerprint density at radius 2 is 0.952 bits per heavy atom. The van der Waals surface area contributed by atoms with Gasteiger partial charge in [0.05, 0.1) is 12.2 Å². The predicted molar refractivity (Wildman–Crippen MR) is 160 cm³/mol. The minimum atomic E-state index is -1.22. The molecule has 0 fully saturated rings. The minimum absolute atomic E-state index is 0.0345.